The lowest BCUT2D eigenvalue weighted by Crippen LogP contribution is -2.61. The molecule has 0 radical (unpaired) electrons. The number of rotatable bonds is 10. The van der Waals surface area contributed by atoms with E-state index in [4.69, 9.17) is 4.74 Å². The number of likely N-dealkylation sites (tertiary alicyclic amines) is 2. The first kappa shape index (κ1) is 30.2. The normalized spacial score (nSPS) is 24.3. The highest BCUT2D eigenvalue weighted by atomic mass is 19.2. The van der Waals surface area contributed by atoms with Crippen molar-refractivity contribution >= 4 is 11.8 Å². The van der Waals surface area contributed by atoms with Crippen LogP contribution in [0.4, 0.5) is 8.78 Å². The number of carbonyl (C=O) groups is 2. The van der Waals surface area contributed by atoms with Gasteiger partial charge in [0.1, 0.15) is 12.0 Å². The first-order chi connectivity index (χ1) is 17.7. The van der Waals surface area contributed by atoms with E-state index in [0.29, 0.717) is 25.9 Å². The molecule has 0 bridgehead atoms. The van der Waals surface area contributed by atoms with Crippen LogP contribution in [-0.4, -0.2) is 83.9 Å². The number of ether oxygens (including phenoxy) is 1. The van der Waals surface area contributed by atoms with E-state index in [1.807, 2.05) is 44.4 Å². The number of hydrogen-bond acceptors (Lipinski definition) is 6. The average Bonchev–Trinajstić information content (AvgIpc) is 3.42. The molecule has 3 N–H and O–H groups in total. The van der Waals surface area contributed by atoms with Crippen molar-refractivity contribution < 1.29 is 28.2 Å². The number of aliphatic hydroxyl groups excluding tert-OH is 1. The van der Waals surface area contributed by atoms with Crippen molar-refractivity contribution in [3.05, 3.63) is 29.8 Å². The molecule has 0 aliphatic carbocycles. The van der Waals surface area contributed by atoms with Crippen LogP contribution in [0.3, 0.4) is 0 Å². The molecule has 0 spiro atoms. The van der Waals surface area contributed by atoms with Crippen LogP contribution in [0.15, 0.2) is 18.2 Å². The summed E-state index contributed by atoms with van der Waals surface area (Å²) in [6.07, 6.45) is 0.111. The zero-order chi connectivity index (χ0) is 28.4. The summed E-state index contributed by atoms with van der Waals surface area (Å²) >= 11 is 0. The molecule has 0 saturated carbocycles. The summed E-state index contributed by atoms with van der Waals surface area (Å²) in [5.74, 6) is -1.84. The number of fused-ring (bicyclic) bond motifs is 1. The fraction of sp³-hybridized carbons (Fsp3) is 0.714. The van der Waals surface area contributed by atoms with Crippen molar-refractivity contribution in [2.75, 3.05) is 26.7 Å². The molecule has 2 heterocycles. The van der Waals surface area contributed by atoms with Gasteiger partial charge in [0, 0.05) is 43.6 Å². The van der Waals surface area contributed by atoms with Gasteiger partial charge in [0.15, 0.2) is 11.6 Å². The molecule has 3 rings (SSSR count). The third kappa shape index (κ3) is 6.82. The molecule has 10 heteroatoms. The highest BCUT2D eigenvalue weighted by molar-refractivity contribution is 5.81. The summed E-state index contributed by atoms with van der Waals surface area (Å²) in [7, 11) is 1.71. The van der Waals surface area contributed by atoms with E-state index in [2.05, 4.69) is 10.6 Å². The monoisotopic (exact) mass is 538 g/mol. The van der Waals surface area contributed by atoms with Crippen LogP contribution in [0.2, 0.25) is 0 Å². The average molecular weight is 539 g/mol. The van der Waals surface area contributed by atoms with Crippen LogP contribution in [0.5, 0.6) is 5.75 Å². The maximum absolute atomic E-state index is 13.8. The first-order valence-electron chi connectivity index (χ1n) is 13.5. The maximum Gasteiger partial charge on any atom is 0.237 e. The second-order valence-electron chi connectivity index (χ2n) is 12.2. The summed E-state index contributed by atoms with van der Waals surface area (Å²) in [6.45, 7) is 12.8. The number of nitrogens with one attached hydrogen (secondary N) is 2. The van der Waals surface area contributed by atoms with Crippen molar-refractivity contribution in [2.24, 2.45) is 17.3 Å². The van der Waals surface area contributed by atoms with Crippen LogP contribution in [-0.2, 0) is 9.59 Å². The van der Waals surface area contributed by atoms with Crippen molar-refractivity contribution in [3.8, 4) is 5.75 Å². The van der Waals surface area contributed by atoms with Crippen LogP contribution in [0, 0.1) is 28.9 Å². The van der Waals surface area contributed by atoms with Gasteiger partial charge in [-0.3, -0.25) is 14.5 Å². The van der Waals surface area contributed by atoms with E-state index in [9.17, 15) is 23.5 Å². The lowest BCUT2D eigenvalue weighted by Gasteiger charge is -2.42. The minimum Gasteiger partial charge on any atom is -0.493 e. The first-order valence-corrected chi connectivity index (χ1v) is 13.5. The number of aliphatic hydroxyl groups is 1. The third-order valence-electron chi connectivity index (χ3n) is 7.73. The smallest absolute Gasteiger partial charge is 0.237 e. The fourth-order valence-electron chi connectivity index (χ4n) is 5.57. The van der Waals surface area contributed by atoms with Gasteiger partial charge in [0.2, 0.25) is 11.8 Å². The summed E-state index contributed by atoms with van der Waals surface area (Å²) in [4.78, 5) is 29.8. The van der Waals surface area contributed by atoms with Crippen molar-refractivity contribution in [1.29, 1.82) is 0 Å². The number of hydrogen-bond donors (Lipinski definition) is 3. The summed E-state index contributed by atoms with van der Waals surface area (Å²) in [5.41, 5.74) is -0.454. The van der Waals surface area contributed by atoms with Gasteiger partial charge in [0.05, 0.1) is 18.7 Å². The Morgan fingerprint density at radius 2 is 1.87 bits per heavy atom. The number of amides is 2. The molecule has 2 aliphatic rings. The Labute approximate surface area is 225 Å². The molecule has 2 fully saturated rings. The minimum atomic E-state index is -0.996. The second kappa shape index (κ2) is 12.3. The summed E-state index contributed by atoms with van der Waals surface area (Å²) in [5, 5.41) is 17.6. The molecule has 1 aromatic carbocycles. The second-order valence-corrected chi connectivity index (χ2v) is 12.2. The Bertz CT molecular complexity index is 986. The molecule has 0 aromatic heterocycles. The third-order valence-corrected chi connectivity index (χ3v) is 7.73. The molecular formula is C28H44F2N4O4. The van der Waals surface area contributed by atoms with E-state index in [0.717, 1.165) is 12.1 Å². The molecule has 2 aliphatic heterocycles. The molecule has 8 nitrogen and oxygen atoms in total. The van der Waals surface area contributed by atoms with E-state index in [1.54, 1.807) is 14.0 Å². The molecule has 6 atom stereocenters. The molecule has 6 unspecified atom stereocenters. The molecule has 1 aromatic rings. The van der Waals surface area contributed by atoms with E-state index >= 15 is 0 Å². The standard InChI is InChI=1S/C28H44F2N4O4/c1-16(2)12-23(35)34-14-18(15-38-19-8-9-20(29)21(30)13-19)24-22(34)10-11-33(24)27(37)25(28(4,5)6)32-26(36)17(3)31-7/h8-9,13,16-18,22,24-25,27,31,37H,10-12,14-15H2,1-7H3,(H,32,36). The topological polar surface area (TPSA) is 94.1 Å². The molecule has 2 saturated heterocycles. The van der Waals surface area contributed by atoms with Gasteiger partial charge in [-0.15, -0.1) is 0 Å². The minimum absolute atomic E-state index is 0.0604. The Morgan fingerprint density at radius 3 is 2.45 bits per heavy atom. The number of nitrogens with zero attached hydrogens (tertiary/aromatic N) is 2. The Hall–Kier alpha value is -2.30. The Kier molecular flexibility index (Phi) is 9.76. The van der Waals surface area contributed by atoms with Crippen molar-refractivity contribution in [1.82, 2.24) is 20.4 Å². The van der Waals surface area contributed by atoms with Gasteiger partial charge >= 0.3 is 0 Å². The molecule has 38 heavy (non-hydrogen) atoms. The van der Waals surface area contributed by atoms with E-state index in [-0.39, 0.29) is 48.1 Å². The predicted octanol–water partition coefficient (Wildman–Crippen LogP) is 2.75. The SMILES string of the molecule is CNC(C)C(=O)NC(C(O)N1CCC2C1C(COc1ccc(F)c(F)c1)CN2C(=O)CC(C)C)C(C)(C)C. The quantitative estimate of drug-likeness (QED) is 0.424. The highest BCUT2D eigenvalue weighted by Gasteiger charge is 2.53. The lowest BCUT2D eigenvalue weighted by molar-refractivity contribution is -0.133. The molecule has 214 valence electrons. The number of halogens is 2. The Balaban J connectivity index is 1.86. The van der Waals surface area contributed by atoms with Crippen LogP contribution in [0.25, 0.3) is 0 Å². The van der Waals surface area contributed by atoms with Crippen LogP contribution < -0.4 is 15.4 Å². The summed E-state index contributed by atoms with van der Waals surface area (Å²) in [6, 6.07) is 2.09. The van der Waals surface area contributed by atoms with E-state index < -0.39 is 35.4 Å². The summed E-state index contributed by atoms with van der Waals surface area (Å²) < 4.78 is 33.0. The van der Waals surface area contributed by atoms with Gasteiger partial charge in [-0.1, -0.05) is 34.6 Å². The zero-order valence-electron chi connectivity index (χ0n) is 23.6. The maximum atomic E-state index is 13.8. The number of likely N-dealkylation sites (N-methyl/N-ethyl adjacent to an activating group) is 1. The zero-order valence-corrected chi connectivity index (χ0v) is 23.6. The van der Waals surface area contributed by atoms with Crippen molar-refractivity contribution in [3.63, 3.8) is 0 Å². The number of benzene rings is 1. The largest absolute Gasteiger partial charge is 0.493 e. The van der Waals surface area contributed by atoms with Gasteiger partial charge in [0.25, 0.3) is 0 Å². The van der Waals surface area contributed by atoms with Gasteiger partial charge < -0.3 is 25.4 Å². The highest BCUT2D eigenvalue weighted by Crippen LogP contribution is 2.39. The van der Waals surface area contributed by atoms with Gasteiger partial charge in [-0.2, -0.15) is 0 Å². The number of carbonyl (C=O) groups excluding carboxylic acids is 2. The Morgan fingerprint density at radius 1 is 1.18 bits per heavy atom. The van der Waals surface area contributed by atoms with Crippen LogP contribution >= 0.6 is 0 Å². The van der Waals surface area contributed by atoms with Gasteiger partial charge in [-0.25, -0.2) is 8.78 Å². The fourth-order valence-corrected chi connectivity index (χ4v) is 5.57. The predicted molar refractivity (Wildman–Crippen MR) is 141 cm³/mol. The molecular weight excluding hydrogens is 494 g/mol. The van der Waals surface area contributed by atoms with Crippen molar-refractivity contribution in [2.45, 2.75) is 84.8 Å². The van der Waals surface area contributed by atoms with Gasteiger partial charge in [-0.05, 0) is 43.9 Å². The lowest BCUT2D eigenvalue weighted by atomic mass is 9.84. The van der Waals surface area contributed by atoms with Crippen LogP contribution in [0.1, 0.15) is 54.4 Å². The van der Waals surface area contributed by atoms with E-state index in [1.165, 1.54) is 6.07 Å². The molecule has 2 amide bonds.